The lowest BCUT2D eigenvalue weighted by Gasteiger charge is -2.60. The van der Waals surface area contributed by atoms with Gasteiger partial charge in [-0.2, -0.15) is 0 Å². The van der Waals surface area contributed by atoms with Crippen molar-refractivity contribution < 1.29 is 0 Å². The number of hydrogen-bond donors (Lipinski definition) is 1. The van der Waals surface area contributed by atoms with Crippen LogP contribution in [0.4, 0.5) is 0 Å². The summed E-state index contributed by atoms with van der Waals surface area (Å²) in [5.74, 6) is 0. The molecule has 3 rings (SSSR count). The molecule has 0 saturated heterocycles. The number of hydrogen-bond acceptors (Lipinski definition) is 1. The van der Waals surface area contributed by atoms with Crippen molar-refractivity contribution >= 4 is 0 Å². The summed E-state index contributed by atoms with van der Waals surface area (Å²) in [5.41, 5.74) is 1.52. The summed E-state index contributed by atoms with van der Waals surface area (Å²) in [6.07, 6.45) is 10.5. The van der Waals surface area contributed by atoms with Crippen LogP contribution < -0.4 is 5.32 Å². The summed E-state index contributed by atoms with van der Waals surface area (Å²) < 4.78 is 0. The van der Waals surface area contributed by atoms with Crippen LogP contribution in [0.2, 0.25) is 0 Å². The SMILES string of the molecule is CC1(CNC2CC2)CC2(CCC2)C1. The Kier molecular flexibility index (Phi) is 1.59. The molecule has 0 radical (unpaired) electrons. The molecular formula is C12H21N. The van der Waals surface area contributed by atoms with Gasteiger partial charge in [0, 0.05) is 12.6 Å². The third-order valence-corrected chi connectivity index (χ3v) is 4.41. The van der Waals surface area contributed by atoms with E-state index < -0.39 is 0 Å². The van der Waals surface area contributed by atoms with E-state index in [1.54, 1.807) is 0 Å². The van der Waals surface area contributed by atoms with Gasteiger partial charge in [-0.1, -0.05) is 13.3 Å². The first-order valence-corrected chi connectivity index (χ1v) is 5.93. The second-order valence-corrected chi connectivity index (χ2v) is 6.17. The molecule has 74 valence electrons. The van der Waals surface area contributed by atoms with Crippen LogP contribution in [-0.2, 0) is 0 Å². The van der Waals surface area contributed by atoms with Gasteiger partial charge < -0.3 is 5.32 Å². The molecule has 0 aromatic carbocycles. The third kappa shape index (κ3) is 1.41. The summed E-state index contributed by atoms with van der Waals surface area (Å²) in [6, 6.07) is 0.898. The van der Waals surface area contributed by atoms with E-state index in [1.165, 1.54) is 51.5 Å². The zero-order valence-corrected chi connectivity index (χ0v) is 8.73. The molecule has 13 heavy (non-hydrogen) atoms. The Balaban J connectivity index is 1.48. The Bertz CT molecular complexity index is 205. The van der Waals surface area contributed by atoms with Crippen molar-refractivity contribution in [3.63, 3.8) is 0 Å². The van der Waals surface area contributed by atoms with Crippen molar-refractivity contribution in [2.75, 3.05) is 6.54 Å². The van der Waals surface area contributed by atoms with Crippen LogP contribution in [0.1, 0.15) is 51.9 Å². The molecule has 0 unspecified atom stereocenters. The molecule has 1 nitrogen and oxygen atoms in total. The van der Waals surface area contributed by atoms with Crippen molar-refractivity contribution in [3.05, 3.63) is 0 Å². The molecule has 3 saturated carbocycles. The van der Waals surface area contributed by atoms with E-state index in [2.05, 4.69) is 12.2 Å². The van der Waals surface area contributed by atoms with E-state index in [9.17, 15) is 0 Å². The van der Waals surface area contributed by atoms with Gasteiger partial charge in [-0.05, 0) is 49.4 Å². The van der Waals surface area contributed by atoms with Gasteiger partial charge in [-0.3, -0.25) is 0 Å². The second-order valence-electron chi connectivity index (χ2n) is 6.17. The Hall–Kier alpha value is -0.0400. The average Bonchev–Trinajstić information content (AvgIpc) is 2.74. The van der Waals surface area contributed by atoms with Gasteiger partial charge in [0.2, 0.25) is 0 Å². The first kappa shape index (κ1) is 8.28. The first-order chi connectivity index (χ1) is 6.20. The van der Waals surface area contributed by atoms with Crippen LogP contribution in [-0.4, -0.2) is 12.6 Å². The minimum absolute atomic E-state index is 0.670. The summed E-state index contributed by atoms with van der Waals surface area (Å²) in [5, 5.41) is 3.68. The maximum atomic E-state index is 3.68. The van der Waals surface area contributed by atoms with Crippen molar-refractivity contribution in [1.82, 2.24) is 5.32 Å². The molecule has 1 heteroatoms. The van der Waals surface area contributed by atoms with Crippen molar-refractivity contribution in [3.8, 4) is 0 Å². The third-order valence-electron chi connectivity index (χ3n) is 4.41. The highest BCUT2D eigenvalue weighted by Gasteiger charge is 2.54. The highest BCUT2D eigenvalue weighted by molar-refractivity contribution is 5.06. The Morgan fingerprint density at radius 1 is 1.23 bits per heavy atom. The van der Waals surface area contributed by atoms with Crippen LogP contribution in [0.15, 0.2) is 0 Å². The van der Waals surface area contributed by atoms with Crippen molar-refractivity contribution in [1.29, 1.82) is 0 Å². The van der Waals surface area contributed by atoms with Gasteiger partial charge in [0.15, 0.2) is 0 Å². The molecule has 0 aliphatic heterocycles. The van der Waals surface area contributed by atoms with Crippen LogP contribution in [0.3, 0.4) is 0 Å². The molecule has 0 bridgehead atoms. The molecule has 0 aromatic rings. The van der Waals surface area contributed by atoms with Crippen LogP contribution in [0, 0.1) is 10.8 Å². The van der Waals surface area contributed by atoms with E-state index in [0.717, 1.165) is 11.5 Å². The number of nitrogens with one attached hydrogen (secondary N) is 1. The minimum Gasteiger partial charge on any atom is -0.313 e. The molecule has 1 spiro atoms. The maximum Gasteiger partial charge on any atom is 0.00684 e. The second kappa shape index (κ2) is 2.50. The largest absolute Gasteiger partial charge is 0.313 e. The zero-order chi connectivity index (χ0) is 8.94. The van der Waals surface area contributed by atoms with E-state index in [-0.39, 0.29) is 0 Å². The Morgan fingerprint density at radius 2 is 1.92 bits per heavy atom. The highest BCUT2D eigenvalue weighted by atomic mass is 15.0. The highest BCUT2D eigenvalue weighted by Crippen LogP contribution is 2.64. The Labute approximate surface area is 81.3 Å². The predicted octanol–water partition coefficient (Wildman–Crippen LogP) is 2.71. The predicted molar refractivity (Wildman–Crippen MR) is 54.6 cm³/mol. The standard InChI is InChI=1S/C12H21N/c1-11(9-13-10-3-4-10)7-12(8-11)5-2-6-12/h10,13H,2-9H2,1H3. The molecule has 0 aromatic heterocycles. The lowest BCUT2D eigenvalue weighted by Crippen LogP contribution is -2.53. The van der Waals surface area contributed by atoms with Gasteiger partial charge in [0.05, 0.1) is 0 Å². The van der Waals surface area contributed by atoms with Gasteiger partial charge >= 0.3 is 0 Å². The van der Waals surface area contributed by atoms with Crippen molar-refractivity contribution in [2.45, 2.75) is 57.9 Å². The quantitative estimate of drug-likeness (QED) is 0.702. The molecule has 0 atom stereocenters. The monoisotopic (exact) mass is 179 g/mol. The molecule has 3 aliphatic carbocycles. The zero-order valence-electron chi connectivity index (χ0n) is 8.73. The summed E-state index contributed by atoms with van der Waals surface area (Å²) in [7, 11) is 0. The van der Waals surface area contributed by atoms with Crippen molar-refractivity contribution in [2.24, 2.45) is 10.8 Å². The molecule has 1 N–H and O–H groups in total. The molecule has 0 amide bonds. The van der Waals surface area contributed by atoms with Crippen LogP contribution in [0.25, 0.3) is 0 Å². The van der Waals surface area contributed by atoms with E-state index >= 15 is 0 Å². The molecular weight excluding hydrogens is 158 g/mol. The smallest absolute Gasteiger partial charge is 0.00684 e. The average molecular weight is 179 g/mol. The Morgan fingerprint density at radius 3 is 2.38 bits per heavy atom. The number of rotatable bonds is 3. The topological polar surface area (TPSA) is 12.0 Å². The van der Waals surface area contributed by atoms with E-state index in [4.69, 9.17) is 0 Å². The fraction of sp³-hybridized carbons (Fsp3) is 1.00. The fourth-order valence-corrected chi connectivity index (χ4v) is 3.59. The summed E-state index contributed by atoms with van der Waals surface area (Å²) in [4.78, 5) is 0. The van der Waals surface area contributed by atoms with Gasteiger partial charge in [-0.15, -0.1) is 0 Å². The van der Waals surface area contributed by atoms with Crippen LogP contribution >= 0.6 is 0 Å². The van der Waals surface area contributed by atoms with Gasteiger partial charge in [0.1, 0.15) is 0 Å². The molecule has 3 fully saturated rings. The molecule has 0 heterocycles. The maximum absolute atomic E-state index is 3.68. The fourth-order valence-electron chi connectivity index (χ4n) is 3.59. The minimum atomic E-state index is 0.670. The van der Waals surface area contributed by atoms with Gasteiger partial charge in [-0.25, -0.2) is 0 Å². The normalized spacial score (nSPS) is 33.9. The summed E-state index contributed by atoms with van der Waals surface area (Å²) in [6.45, 7) is 3.77. The molecule has 3 aliphatic rings. The lowest BCUT2D eigenvalue weighted by molar-refractivity contribution is -0.0845. The summed E-state index contributed by atoms with van der Waals surface area (Å²) >= 11 is 0. The van der Waals surface area contributed by atoms with E-state index in [0.29, 0.717) is 5.41 Å². The first-order valence-electron chi connectivity index (χ1n) is 5.93. The van der Waals surface area contributed by atoms with E-state index in [1.807, 2.05) is 0 Å². The van der Waals surface area contributed by atoms with Gasteiger partial charge in [0.25, 0.3) is 0 Å². The lowest BCUT2D eigenvalue weighted by atomic mass is 9.46. The van der Waals surface area contributed by atoms with Crippen LogP contribution in [0.5, 0.6) is 0 Å².